The van der Waals surface area contributed by atoms with Gasteiger partial charge in [0.25, 0.3) is 0 Å². The number of benzene rings is 1. The number of nitrogens with one attached hydrogen (secondary N) is 1. The molecule has 3 aliphatic rings. The number of anilines is 1. The summed E-state index contributed by atoms with van der Waals surface area (Å²) in [7, 11) is 0. The van der Waals surface area contributed by atoms with E-state index in [1.54, 1.807) is 6.07 Å². The fourth-order valence-electron chi connectivity index (χ4n) is 5.71. The lowest BCUT2D eigenvalue weighted by atomic mass is 9.84. The van der Waals surface area contributed by atoms with Gasteiger partial charge in [0.05, 0.1) is 24.2 Å². The Morgan fingerprint density at radius 1 is 1.21 bits per heavy atom. The van der Waals surface area contributed by atoms with Crippen LogP contribution in [0.15, 0.2) is 29.4 Å². The van der Waals surface area contributed by atoms with Crippen molar-refractivity contribution in [3.05, 3.63) is 30.1 Å². The lowest BCUT2D eigenvalue weighted by molar-refractivity contribution is -0.121. The van der Waals surface area contributed by atoms with Crippen molar-refractivity contribution in [3.8, 4) is 5.69 Å². The van der Waals surface area contributed by atoms with Gasteiger partial charge in [0.1, 0.15) is 5.82 Å². The number of morpholine rings is 1. The molecule has 1 N–H and O–H groups in total. The fourth-order valence-corrected chi connectivity index (χ4v) is 6.59. The van der Waals surface area contributed by atoms with E-state index in [1.807, 2.05) is 17.6 Å². The zero-order valence-electron chi connectivity index (χ0n) is 19.2. The predicted molar refractivity (Wildman–Crippen MR) is 126 cm³/mol. The molecular formula is C24H32FN5O2S. The van der Waals surface area contributed by atoms with E-state index in [-0.39, 0.29) is 23.0 Å². The maximum Gasteiger partial charge on any atom is 0.233 e. The third-order valence-electron chi connectivity index (χ3n) is 7.43. The lowest BCUT2D eigenvalue weighted by Gasteiger charge is -2.29. The number of amides is 1. The van der Waals surface area contributed by atoms with E-state index >= 15 is 0 Å². The fraction of sp³-hybridized carbons (Fsp3) is 0.625. The summed E-state index contributed by atoms with van der Waals surface area (Å²) in [5.74, 6) is 2.55. The molecule has 1 amide bonds. The summed E-state index contributed by atoms with van der Waals surface area (Å²) in [6, 6.07) is 6.58. The Bertz CT molecular complexity index is 995. The molecule has 1 saturated heterocycles. The Kier molecular flexibility index (Phi) is 6.60. The molecule has 2 bridgehead atoms. The molecule has 9 heteroatoms. The monoisotopic (exact) mass is 473 g/mol. The van der Waals surface area contributed by atoms with E-state index in [0.717, 1.165) is 11.8 Å². The molecule has 3 fully saturated rings. The van der Waals surface area contributed by atoms with Crippen LogP contribution in [-0.4, -0.2) is 58.3 Å². The van der Waals surface area contributed by atoms with E-state index in [9.17, 15) is 9.18 Å². The molecule has 2 saturated carbocycles. The molecule has 0 unspecified atom stereocenters. The van der Waals surface area contributed by atoms with Gasteiger partial charge in [0, 0.05) is 19.1 Å². The summed E-state index contributed by atoms with van der Waals surface area (Å²) < 4.78 is 21.4. The maximum absolute atomic E-state index is 14.1. The first-order valence-corrected chi connectivity index (χ1v) is 12.9. The van der Waals surface area contributed by atoms with Crippen LogP contribution in [0, 0.1) is 23.6 Å². The van der Waals surface area contributed by atoms with Gasteiger partial charge in [0.2, 0.25) is 11.9 Å². The minimum atomic E-state index is -0.347. The molecule has 5 atom stereocenters. The Morgan fingerprint density at radius 3 is 2.73 bits per heavy atom. The normalized spacial score (nSPS) is 26.4. The SMILES string of the molecule is C[C@H](Sc1nnc(N2CCOCC2)n1-c1cccc(F)c1)C(=O)N[C@@H](C)[C@H]1C[C@H]2CC[C@H]1C2. The standard InChI is InChI=1S/C24H32FN5O2S/c1-15(21-13-17-6-7-18(21)12-17)26-22(31)16(2)33-24-28-27-23(29-8-10-32-11-9-29)30(24)20-5-3-4-19(25)14-20/h3-5,14-18,21H,6-13H2,1-2H3,(H,26,31)/t15-,16-,17-,18-,21+/m0/s1. The molecule has 5 rings (SSSR count). The number of thioether (sulfide) groups is 1. The number of carbonyl (C=O) groups is 1. The number of fused-ring (bicyclic) bond motifs is 2. The second kappa shape index (κ2) is 9.62. The van der Waals surface area contributed by atoms with Crippen LogP contribution in [0.2, 0.25) is 0 Å². The zero-order valence-corrected chi connectivity index (χ0v) is 20.1. The molecule has 0 radical (unpaired) electrons. The van der Waals surface area contributed by atoms with Gasteiger partial charge in [-0.2, -0.15) is 0 Å². The number of ether oxygens (including phenoxy) is 1. The van der Waals surface area contributed by atoms with E-state index in [2.05, 4.69) is 27.3 Å². The van der Waals surface area contributed by atoms with Crippen molar-refractivity contribution in [2.75, 3.05) is 31.2 Å². The van der Waals surface area contributed by atoms with Gasteiger partial charge in [0.15, 0.2) is 5.16 Å². The summed E-state index contributed by atoms with van der Waals surface area (Å²) in [6.45, 7) is 6.64. The maximum atomic E-state index is 14.1. The first-order chi connectivity index (χ1) is 16.0. The smallest absolute Gasteiger partial charge is 0.233 e. The third-order valence-corrected chi connectivity index (χ3v) is 8.48. The summed E-state index contributed by atoms with van der Waals surface area (Å²) in [5.41, 5.74) is 0.645. The zero-order chi connectivity index (χ0) is 22.9. The number of aromatic nitrogens is 3. The molecule has 1 aromatic carbocycles. The van der Waals surface area contributed by atoms with Crippen LogP contribution in [0.1, 0.15) is 39.5 Å². The van der Waals surface area contributed by atoms with Crippen LogP contribution < -0.4 is 10.2 Å². The van der Waals surface area contributed by atoms with Crippen LogP contribution in [0.5, 0.6) is 0 Å². The second-order valence-electron chi connectivity index (χ2n) is 9.59. The van der Waals surface area contributed by atoms with E-state index in [4.69, 9.17) is 4.74 Å². The Hall–Kier alpha value is -2.13. The minimum absolute atomic E-state index is 0.0111. The molecule has 0 spiro atoms. The molecule has 7 nitrogen and oxygen atoms in total. The molecule has 2 heterocycles. The predicted octanol–water partition coefficient (Wildman–Crippen LogP) is 3.66. The first-order valence-electron chi connectivity index (χ1n) is 12.0. The van der Waals surface area contributed by atoms with Crippen LogP contribution in [0.4, 0.5) is 10.3 Å². The van der Waals surface area contributed by atoms with Crippen LogP contribution >= 0.6 is 11.8 Å². The average Bonchev–Trinajstić information content (AvgIpc) is 3.55. The summed E-state index contributed by atoms with van der Waals surface area (Å²) in [4.78, 5) is 15.1. The number of hydrogen-bond acceptors (Lipinski definition) is 6. The van der Waals surface area contributed by atoms with Gasteiger partial charge in [-0.25, -0.2) is 4.39 Å². The number of halogens is 1. The third kappa shape index (κ3) is 4.75. The van der Waals surface area contributed by atoms with Crippen molar-refractivity contribution < 1.29 is 13.9 Å². The second-order valence-corrected chi connectivity index (χ2v) is 10.9. The minimum Gasteiger partial charge on any atom is -0.378 e. The lowest BCUT2D eigenvalue weighted by Crippen LogP contribution is -2.43. The number of hydrogen-bond donors (Lipinski definition) is 1. The summed E-state index contributed by atoms with van der Waals surface area (Å²) >= 11 is 1.36. The van der Waals surface area contributed by atoms with Gasteiger partial charge >= 0.3 is 0 Å². The Labute approximate surface area is 198 Å². The molecule has 2 aliphatic carbocycles. The van der Waals surface area contributed by atoms with E-state index in [0.29, 0.717) is 49.0 Å². The molecular weight excluding hydrogens is 441 g/mol. The quantitative estimate of drug-likeness (QED) is 0.619. The molecule has 1 aliphatic heterocycles. The van der Waals surface area contributed by atoms with Crippen molar-refractivity contribution in [1.82, 2.24) is 20.1 Å². The largest absolute Gasteiger partial charge is 0.378 e. The highest BCUT2D eigenvalue weighted by Gasteiger charge is 2.42. The molecule has 178 valence electrons. The highest BCUT2D eigenvalue weighted by atomic mass is 32.2. The average molecular weight is 474 g/mol. The number of nitrogens with zero attached hydrogens (tertiary/aromatic N) is 4. The highest BCUT2D eigenvalue weighted by molar-refractivity contribution is 8.00. The van der Waals surface area contributed by atoms with Crippen molar-refractivity contribution in [2.24, 2.45) is 17.8 Å². The first kappa shape index (κ1) is 22.7. The van der Waals surface area contributed by atoms with Crippen LogP contribution in [0.3, 0.4) is 0 Å². The van der Waals surface area contributed by atoms with Crippen molar-refractivity contribution >= 4 is 23.6 Å². The van der Waals surface area contributed by atoms with E-state index in [1.165, 1.54) is 49.6 Å². The van der Waals surface area contributed by atoms with Gasteiger partial charge in [-0.05, 0) is 69.1 Å². The summed E-state index contributed by atoms with van der Waals surface area (Å²) in [6.07, 6.45) is 5.23. The van der Waals surface area contributed by atoms with Crippen LogP contribution in [0.25, 0.3) is 5.69 Å². The topological polar surface area (TPSA) is 72.3 Å². The molecule has 33 heavy (non-hydrogen) atoms. The van der Waals surface area contributed by atoms with Gasteiger partial charge < -0.3 is 15.0 Å². The van der Waals surface area contributed by atoms with E-state index < -0.39 is 0 Å². The van der Waals surface area contributed by atoms with Crippen molar-refractivity contribution in [1.29, 1.82) is 0 Å². The van der Waals surface area contributed by atoms with Crippen molar-refractivity contribution in [2.45, 2.75) is 56.0 Å². The van der Waals surface area contributed by atoms with Crippen molar-refractivity contribution in [3.63, 3.8) is 0 Å². The van der Waals surface area contributed by atoms with Crippen LogP contribution in [-0.2, 0) is 9.53 Å². The molecule has 1 aromatic heterocycles. The number of rotatable bonds is 7. The Morgan fingerprint density at radius 2 is 2.03 bits per heavy atom. The Balaban J connectivity index is 1.32. The van der Waals surface area contributed by atoms with Gasteiger partial charge in [-0.15, -0.1) is 10.2 Å². The highest BCUT2D eigenvalue weighted by Crippen LogP contribution is 2.49. The summed E-state index contributed by atoms with van der Waals surface area (Å²) in [5, 5.41) is 12.3. The van der Waals surface area contributed by atoms with Gasteiger partial charge in [-0.3, -0.25) is 9.36 Å². The molecule has 2 aromatic rings. The van der Waals surface area contributed by atoms with Gasteiger partial charge in [-0.1, -0.05) is 24.2 Å². The number of carbonyl (C=O) groups excluding carboxylic acids is 1.